The van der Waals surface area contributed by atoms with Gasteiger partial charge in [0.1, 0.15) is 0 Å². The molecule has 1 saturated heterocycles. The molecule has 0 aliphatic carbocycles. The van der Waals surface area contributed by atoms with Gasteiger partial charge in [-0.3, -0.25) is 0 Å². The summed E-state index contributed by atoms with van der Waals surface area (Å²) in [5.74, 6) is 0. The van der Waals surface area contributed by atoms with E-state index in [9.17, 15) is 0 Å². The molecular formula is C17H28N2. The maximum absolute atomic E-state index is 3.59. The summed E-state index contributed by atoms with van der Waals surface area (Å²) in [5, 5.41) is 3.59. The van der Waals surface area contributed by atoms with E-state index >= 15 is 0 Å². The molecule has 1 heterocycles. The highest BCUT2D eigenvalue weighted by Gasteiger charge is 2.34. The largest absolute Gasteiger partial charge is 0.313 e. The molecule has 0 aromatic heterocycles. The van der Waals surface area contributed by atoms with Gasteiger partial charge in [0.25, 0.3) is 0 Å². The number of hydrogen-bond donors (Lipinski definition) is 1. The molecule has 0 spiro atoms. The second-order valence-corrected chi connectivity index (χ2v) is 6.40. The summed E-state index contributed by atoms with van der Waals surface area (Å²) in [6.07, 6.45) is 3.69. The van der Waals surface area contributed by atoms with Crippen LogP contribution in [0.2, 0.25) is 0 Å². The van der Waals surface area contributed by atoms with Crippen LogP contribution in [0.4, 0.5) is 0 Å². The minimum atomic E-state index is 0.318. The lowest BCUT2D eigenvalue weighted by atomic mass is 9.87. The highest BCUT2D eigenvalue weighted by atomic mass is 15.2. The minimum Gasteiger partial charge on any atom is -0.313 e. The van der Waals surface area contributed by atoms with Crippen molar-refractivity contribution >= 4 is 0 Å². The summed E-state index contributed by atoms with van der Waals surface area (Å²) in [5.41, 5.74) is 6.15. The summed E-state index contributed by atoms with van der Waals surface area (Å²) in [6, 6.07) is 4.63. The molecule has 19 heavy (non-hydrogen) atoms. The van der Waals surface area contributed by atoms with Gasteiger partial charge in [0.2, 0.25) is 0 Å². The van der Waals surface area contributed by atoms with Crippen LogP contribution in [-0.4, -0.2) is 37.6 Å². The quantitative estimate of drug-likeness (QED) is 0.895. The smallest absolute Gasteiger partial charge is 0.0321 e. The van der Waals surface area contributed by atoms with E-state index < -0.39 is 0 Å². The van der Waals surface area contributed by atoms with E-state index in [1.807, 2.05) is 0 Å². The van der Waals surface area contributed by atoms with Crippen LogP contribution < -0.4 is 5.32 Å². The van der Waals surface area contributed by atoms with E-state index in [1.165, 1.54) is 49.0 Å². The zero-order valence-electron chi connectivity index (χ0n) is 13.1. The van der Waals surface area contributed by atoms with Crippen molar-refractivity contribution in [2.45, 2.75) is 45.6 Å². The number of aryl methyl sites for hydroxylation is 3. The fourth-order valence-electron chi connectivity index (χ4n) is 3.58. The molecule has 1 N–H and O–H groups in total. The molecule has 1 aliphatic rings. The third kappa shape index (κ3) is 3.18. The summed E-state index contributed by atoms with van der Waals surface area (Å²) in [6.45, 7) is 9.08. The monoisotopic (exact) mass is 260 g/mol. The van der Waals surface area contributed by atoms with E-state index in [0.717, 1.165) is 0 Å². The number of likely N-dealkylation sites (tertiary alicyclic amines) is 1. The number of nitrogens with one attached hydrogen (secondary N) is 1. The maximum atomic E-state index is 3.59. The van der Waals surface area contributed by atoms with Gasteiger partial charge >= 0.3 is 0 Å². The molecule has 1 unspecified atom stereocenters. The molecule has 0 bridgehead atoms. The van der Waals surface area contributed by atoms with E-state index in [-0.39, 0.29) is 0 Å². The first kappa shape index (κ1) is 14.5. The first-order valence-electron chi connectivity index (χ1n) is 7.40. The van der Waals surface area contributed by atoms with Crippen molar-refractivity contribution in [1.29, 1.82) is 0 Å². The Labute approximate surface area is 118 Å². The molecule has 106 valence electrons. The molecule has 0 amide bonds. The van der Waals surface area contributed by atoms with Crippen LogP contribution in [0.25, 0.3) is 0 Å². The van der Waals surface area contributed by atoms with Gasteiger partial charge < -0.3 is 10.2 Å². The Hall–Kier alpha value is -0.860. The maximum Gasteiger partial charge on any atom is 0.0321 e. The summed E-state index contributed by atoms with van der Waals surface area (Å²) in [4.78, 5) is 2.44. The van der Waals surface area contributed by atoms with Gasteiger partial charge in [-0.05, 0) is 77.4 Å². The molecule has 1 aliphatic heterocycles. The molecule has 2 rings (SSSR count). The highest BCUT2D eigenvalue weighted by Crippen LogP contribution is 2.27. The fourth-order valence-corrected chi connectivity index (χ4v) is 3.58. The fraction of sp³-hybridized carbons (Fsp3) is 0.647. The number of likely N-dealkylation sites (N-methyl/N-ethyl adjacent to an activating group) is 2. The van der Waals surface area contributed by atoms with E-state index in [0.29, 0.717) is 5.54 Å². The van der Waals surface area contributed by atoms with Gasteiger partial charge in [-0.2, -0.15) is 0 Å². The van der Waals surface area contributed by atoms with Gasteiger partial charge in [0, 0.05) is 12.1 Å². The second kappa shape index (κ2) is 5.64. The first-order chi connectivity index (χ1) is 8.96. The standard InChI is InChI=1S/C17H28N2/c1-13-10-14(2)16(15(3)11-13)6-7-17(18-4)8-9-19(5)12-17/h10-11,18H,6-9,12H2,1-5H3. The van der Waals surface area contributed by atoms with Gasteiger partial charge in [-0.15, -0.1) is 0 Å². The molecule has 1 aromatic rings. The molecule has 2 heteroatoms. The lowest BCUT2D eigenvalue weighted by molar-refractivity contribution is 0.310. The number of hydrogen-bond acceptors (Lipinski definition) is 2. The van der Waals surface area contributed by atoms with E-state index in [4.69, 9.17) is 0 Å². The van der Waals surface area contributed by atoms with Crippen LogP contribution in [0, 0.1) is 20.8 Å². The Kier molecular flexibility index (Phi) is 4.32. The van der Waals surface area contributed by atoms with Crippen molar-refractivity contribution in [2.24, 2.45) is 0 Å². The molecular weight excluding hydrogens is 232 g/mol. The lowest BCUT2D eigenvalue weighted by Gasteiger charge is -2.29. The summed E-state index contributed by atoms with van der Waals surface area (Å²) < 4.78 is 0. The van der Waals surface area contributed by atoms with Gasteiger partial charge in [-0.1, -0.05) is 17.7 Å². The highest BCUT2D eigenvalue weighted by molar-refractivity contribution is 5.37. The first-order valence-corrected chi connectivity index (χ1v) is 7.40. The topological polar surface area (TPSA) is 15.3 Å². The Morgan fingerprint density at radius 2 is 1.84 bits per heavy atom. The van der Waals surface area contributed by atoms with Crippen LogP contribution in [0.1, 0.15) is 35.1 Å². The predicted octanol–water partition coefficient (Wildman–Crippen LogP) is 2.84. The lowest BCUT2D eigenvalue weighted by Crippen LogP contribution is -2.45. The third-order valence-electron chi connectivity index (χ3n) is 4.77. The second-order valence-electron chi connectivity index (χ2n) is 6.40. The van der Waals surface area contributed by atoms with Crippen LogP contribution >= 0.6 is 0 Å². The average molecular weight is 260 g/mol. The van der Waals surface area contributed by atoms with Crippen molar-refractivity contribution in [3.63, 3.8) is 0 Å². The van der Waals surface area contributed by atoms with Crippen molar-refractivity contribution in [1.82, 2.24) is 10.2 Å². The van der Waals surface area contributed by atoms with E-state index in [2.05, 4.69) is 57.2 Å². The van der Waals surface area contributed by atoms with Crippen molar-refractivity contribution < 1.29 is 0 Å². The SMILES string of the molecule is CNC1(CCc2c(C)cc(C)cc2C)CCN(C)C1. The van der Waals surface area contributed by atoms with Gasteiger partial charge in [-0.25, -0.2) is 0 Å². The van der Waals surface area contributed by atoms with Crippen LogP contribution in [0.5, 0.6) is 0 Å². The number of rotatable bonds is 4. The average Bonchev–Trinajstić information content (AvgIpc) is 2.70. The summed E-state index contributed by atoms with van der Waals surface area (Å²) in [7, 11) is 4.34. The number of nitrogens with zero attached hydrogens (tertiary/aromatic N) is 1. The zero-order valence-corrected chi connectivity index (χ0v) is 13.1. The summed E-state index contributed by atoms with van der Waals surface area (Å²) >= 11 is 0. The predicted molar refractivity (Wildman–Crippen MR) is 82.9 cm³/mol. The van der Waals surface area contributed by atoms with Crippen molar-refractivity contribution in [3.05, 3.63) is 34.4 Å². The van der Waals surface area contributed by atoms with Crippen LogP contribution in [0.15, 0.2) is 12.1 Å². The van der Waals surface area contributed by atoms with Gasteiger partial charge in [0.05, 0.1) is 0 Å². The van der Waals surface area contributed by atoms with Gasteiger partial charge in [0.15, 0.2) is 0 Å². The van der Waals surface area contributed by atoms with E-state index in [1.54, 1.807) is 5.56 Å². The minimum absolute atomic E-state index is 0.318. The molecule has 1 aromatic carbocycles. The number of benzene rings is 1. The molecule has 0 radical (unpaired) electrons. The Bertz CT molecular complexity index is 430. The van der Waals surface area contributed by atoms with Crippen molar-refractivity contribution in [2.75, 3.05) is 27.2 Å². The third-order valence-corrected chi connectivity index (χ3v) is 4.77. The molecule has 1 fully saturated rings. The Balaban J connectivity index is 2.10. The molecule has 1 atom stereocenters. The Morgan fingerprint density at radius 1 is 1.21 bits per heavy atom. The Morgan fingerprint density at radius 3 is 2.32 bits per heavy atom. The zero-order chi connectivity index (χ0) is 14.0. The van der Waals surface area contributed by atoms with Crippen LogP contribution in [-0.2, 0) is 6.42 Å². The molecule has 0 saturated carbocycles. The molecule has 2 nitrogen and oxygen atoms in total. The normalized spacial score (nSPS) is 24.1. The van der Waals surface area contributed by atoms with Crippen LogP contribution in [0.3, 0.4) is 0 Å². The van der Waals surface area contributed by atoms with Crippen molar-refractivity contribution in [3.8, 4) is 0 Å².